The van der Waals surface area contributed by atoms with Gasteiger partial charge < -0.3 is 15.0 Å². The lowest BCUT2D eigenvalue weighted by atomic mass is 9.86. The van der Waals surface area contributed by atoms with Crippen LogP contribution in [0.1, 0.15) is 24.8 Å². The minimum Gasteiger partial charge on any atom is -0.381 e. The van der Waals surface area contributed by atoms with Crippen molar-refractivity contribution >= 4 is 5.69 Å². The molecule has 0 bridgehead atoms. The smallest absolute Gasteiger partial charge is 0.0552 e. The summed E-state index contributed by atoms with van der Waals surface area (Å²) in [6, 6.07) is 9.41. The molecule has 1 heterocycles. The lowest BCUT2D eigenvalue weighted by Gasteiger charge is -2.34. The van der Waals surface area contributed by atoms with Gasteiger partial charge in [0.1, 0.15) is 0 Å². The van der Waals surface area contributed by atoms with E-state index in [1.54, 1.807) is 0 Å². The maximum absolute atomic E-state index is 5.71. The normalized spacial score (nSPS) is 25.9. The second-order valence-corrected chi connectivity index (χ2v) is 6.60. The van der Waals surface area contributed by atoms with Crippen LogP contribution in [0.15, 0.2) is 24.3 Å². The lowest BCUT2D eigenvalue weighted by Crippen LogP contribution is -2.44. The van der Waals surface area contributed by atoms with E-state index in [1.165, 1.54) is 30.5 Å². The van der Waals surface area contributed by atoms with Crippen LogP contribution in [0, 0.1) is 12.3 Å². The van der Waals surface area contributed by atoms with Crippen molar-refractivity contribution < 1.29 is 4.74 Å². The zero-order valence-corrected chi connectivity index (χ0v) is 12.7. The summed E-state index contributed by atoms with van der Waals surface area (Å²) in [6.07, 6.45) is 3.87. The van der Waals surface area contributed by atoms with Gasteiger partial charge in [-0.1, -0.05) is 18.2 Å². The number of rotatable bonds is 6. The molecule has 1 saturated heterocycles. The van der Waals surface area contributed by atoms with Gasteiger partial charge in [-0.05, 0) is 37.8 Å². The molecule has 3 nitrogen and oxygen atoms in total. The molecule has 2 fully saturated rings. The predicted molar refractivity (Wildman–Crippen MR) is 83.3 cm³/mol. The minimum absolute atomic E-state index is 0.277. The summed E-state index contributed by atoms with van der Waals surface area (Å²) in [5, 5.41) is 3.70. The summed E-state index contributed by atoms with van der Waals surface area (Å²) >= 11 is 0. The van der Waals surface area contributed by atoms with Gasteiger partial charge in [0.2, 0.25) is 0 Å². The van der Waals surface area contributed by atoms with E-state index in [-0.39, 0.29) is 5.41 Å². The first-order valence-electron chi connectivity index (χ1n) is 7.76. The molecule has 1 atom stereocenters. The van der Waals surface area contributed by atoms with Crippen molar-refractivity contribution in [1.82, 2.24) is 5.32 Å². The first-order valence-corrected chi connectivity index (χ1v) is 7.76. The molecule has 1 aliphatic carbocycles. The van der Waals surface area contributed by atoms with Gasteiger partial charge in [0.25, 0.3) is 0 Å². The number of para-hydroxylation sites is 1. The van der Waals surface area contributed by atoms with Crippen molar-refractivity contribution in [3.63, 3.8) is 0 Å². The van der Waals surface area contributed by atoms with E-state index < -0.39 is 0 Å². The summed E-state index contributed by atoms with van der Waals surface area (Å²) in [4.78, 5) is 2.40. The van der Waals surface area contributed by atoms with E-state index in [2.05, 4.69) is 48.5 Å². The molecule has 0 aromatic heterocycles. The average Bonchev–Trinajstić information content (AvgIpc) is 3.17. The number of anilines is 1. The molecular weight excluding hydrogens is 248 g/mol. The van der Waals surface area contributed by atoms with Crippen molar-refractivity contribution in [2.75, 3.05) is 38.3 Å². The van der Waals surface area contributed by atoms with E-state index in [4.69, 9.17) is 4.74 Å². The maximum atomic E-state index is 5.71. The Balaban J connectivity index is 1.67. The van der Waals surface area contributed by atoms with Crippen LogP contribution in [0.4, 0.5) is 5.69 Å². The number of hydrogen-bond acceptors (Lipinski definition) is 3. The quantitative estimate of drug-likeness (QED) is 0.863. The molecule has 3 rings (SSSR count). The van der Waals surface area contributed by atoms with Crippen LogP contribution in [0.3, 0.4) is 0 Å². The van der Waals surface area contributed by atoms with Gasteiger partial charge in [-0.2, -0.15) is 0 Å². The van der Waals surface area contributed by atoms with E-state index >= 15 is 0 Å². The Kier molecular flexibility index (Phi) is 3.99. The number of hydrogen-bond donors (Lipinski definition) is 1. The second-order valence-electron chi connectivity index (χ2n) is 6.60. The van der Waals surface area contributed by atoms with Gasteiger partial charge >= 0.3 is 0 Å². The summed E-state index contributed by atoms with van der Waals surface area (Å²) < 4.78 is 5.71. The summed E-state index contributed by atoms with van der Waals surface area (Å²) in [5.74, 6) is 0. The van der Waals surface area contributed by atoms with Crippen LogP contribution in [0.25, 0.3) is 0 Å². The van der Waals surface area contributed by atoms with Gasteiger partial charge in [0.15, 0.2) is 0 Å². The topological polar surface area (TPSA) is 24.5 Å². The maximum Gasteiger partial charge on any atom is 0.0552 e. The van der Waals surface area contributed by atoms with Gasteiger partial charge in [-0.3, -0.25) is 0 Å². The van der Waals surface area contributed by atoms with Crippen LogP contribution in [0.5, 0.6) is 0 Å². The molecule has 110 valence electrons. The Hall–Kier alpha value is -1.06. The number of nitrogens with zero attached hydrogens (tertiary/aromatic N) is 1. The molecule has 1 saturated carbocycles. The Morgan fingerprint density at radius 1 is 1.35 bits per heavy atom. The zero-order chi connectivity index (χ0) is 14.0. The minimum atomic E-state index is 0.277. The van der Waals surface area contributed by atoms with E-state index in [9.17, 15) is 0 Å². The number of ether oxygens (including phenoxy) is 1. The van der Waals surface area contributed by atoms with Crippen LogP contribution < -0.4 is 10.2 Å². The van der Waals surface area contributed by atoms with Crippen molar-refractivity contribution in [3.05, 3.63) is 29.8 Å². The molecule has 0 amide bonds. The first kappa shape index (κ1) is 13.9. The summed E-state index contributed by atoms with van der Waals surface area (Å²) in [6.45, 7) is 6.15. The number of nitrogens with one attached hydrogen (secondary N) is 1. The molecule has 2 aliphatic rings. The van der Waals surface area contributed by atoms with Crippen molar-refractivity contribution in [1.29, 1.82) is 0 Å². The fourth-order valence-electron chi connectivity index (χ4n) is 3.20. The van der Waals surface area contributed by atoms with Crippen LogP contribution >= 0.6 is 0 Å². The van der Waals surface area contributed by atoms with Crippen LogP contribution in [-0.4, -0.2) is 39.4 Å². The molecule has 1 aromatic carbocycles. The van der Waals surface area contributed by atoms with Gasteiger partial charge in [-0.15, -0.1) is 0 Å². The molecule has 0 radical (unpaired) electrons. The molecule has 1 unspecified atom stereocenters. The highest BCUT2D eigenvalue weighted by atomic mass is 16.5. The predicted octanol–water partition coefficient (Wildman–Crippen LogP) is 2.59. The average molecular weight is 274 g/mol. The monoisotopic (exact) mass is 274 g/mol. The second kappa shape index (κ2) is 5.74. The molecular formula is C17H26N2O. The zero-order valence-electron chi connectivity index (χ0n) is 12.7. The Morgan fingerprint density at radius 2 is 2.15 bits per heavy atom. The molecule has 1 aromatic rings. The highest BCUT2D eigenvalue weighted by Gasteiger charge is 2.37. The Morgan fingerprint density at radius 3 is 2.80 bits per heavy atom. The number of aryl methyl sites for hydroxylation is 1. The molecule has 3 heteroatoms. The SMILES string of the molecule is Cc1ccccc1N(C)CC1(CNC2CC2)CCOC1. The van der Waals surface area contributed by atoms with E-state index in [0.29, 0.717) is 0 Å². The van der Waals surface area contributed by atoms with Crippen molar-refractivity contribution in [3.8, 4) is 0 Å². The van der Waals surface area contributed by atoms with Gasteiger partial charge in [-0.25, -0.2) is 0 Å². The Bertz CT molecular complexity index is 450. The van der Waals surface area contributed by atoms with E-state index in [1.807, 2.05) is 0 Å². The Labute approximate surface area is 122 Å². The number of benzene rings is 1. The van der Waals surface area contributed by atoms with Crippen LogP contribution in [-0.2, 0) is 4.74 Å². The third-order valence-electron chi connectivity index (χ3n) is 4.63. The fourth-order valence-corrected chi connectivity index (χ4v) is 3.20. The van der Waals surface area contributed by atoms with Crippen LogP contribution in [0.2, 0.25) is 0 Å². The highest BCUT2D eigenvalue weighted by Crippen LogP contribution is 2.32. The van der Waals surface area contributed by atoms with Crippen molar-refractivity contribution in [2.24, 2.45) is 5.41 Å². The third-order valence-corrected chi connectivity index (χ3v) is 4.63. The van der Waals surface area contributed by atoms with Crippen molar-refractivity contribution in [2.45, 2.75) is 32.2 Å². The summed E-state index contributed by atoms with van der Waals surface area (Å²) in [7, 11) is 2.21. The van der Waals surface area contributed by atoms with E-state index in [0.717, 1.165) is 32.3 Å². The van der Waals surface area contributed by atoms with Gasteiger partial charge in [0, 0.05) is 43.9 Å². The largest absolute Gasteiger partial charge is 0.381 e. The fraction of sp³-hybridized carbons (Fsp3) is 0.647. The summed E-state index contributed by atoms with van der Waals surface area (Å²) in [5.41, 5.74) is 2.96. The molecule has 0 spiro atoms. The molecule has 1 N–H and O–H groups in total. The standard InChI is InChI=1S/C17H26N2O/c1-14-5-3-4-6-16(14)19(2)12-17(9-10-20-13-17)11-18-15-7-8-15/h3-6,15,18H,7-13H2,1-2H3. The first-order chi connectivity index (χ1) is 9.69. The highest BCUT2D eigenvalue weighted by molar-refractivity contribution is 5.52. The molecule has 20 heavy (non-hydrogen) atoms. The molecule has 1 aliphatic heterocycles. The third kappa shape index (κ3) is 3.15. The lowest BCUT2D eigenvalue weighted by molar-refractivity contribution is 0.152. The van der Waals surface area contributed by atoms with Gasteiger partial charge in [0.05, 0.1) is 6.61 Å².